The van der Waals surface area contributed by atoms with Crippen molar-refractivity contribution < 1.29 is 4.79 Å². The zero-order chi connectivity index (χ0) is 16.1. The number of carbonyl (C=O) groups is 1. The first-order valence-electron chi connectivity index (χ1n) is 9.06. The molecule has 1 saturated heterocycles. The van der Waals surface area contributed by atoms with Crippen molar-refractivity contribution in [2.24, 2.45) is 0 Å². The number of likely N-dealkylation sites (tertiary alicyclic amines) is 1. The van der Waals surface area contributed by atoms with E-state index in [9.17, 15) is 4.79 Å². The zero-order valence-corrected chi connectivity index (χ0v) is 13.8. The minimum absolute atomic E-state index is 0.226. The summed E-state index contributed by atoms with van der Waals surface area (Å²) in [6.07, 6.45) is 3.83. The van der Waals surface area contributed by atoms with Crippen LogP contribution in [0.1, 0.15) is 48.0 Å². The summed E-state index contributed by atoms with van der Waals surface area (Å²) in [5.41, 5.74) is 5.59. The average molecular weight is 318 g/mol. The first-order chi connectivity index (χ1) is 11.8. The van der Waals surface area contributed by atoms with Gasteiger partial charge < -0.3 is 9.80 Å². The van der Waals surface area contributed by atoms with Crippen molar-refractivity contribution in [2.75, 3.05) is 18.0 Å². The quantitative estimate of drug-likeness (QED) is 0.797. The van der Waals surface area contributed by atoms with Crippen molar-refractivity contribution >= 4 is 11.6 Å². The van der Waals surface area contributed by atoms with Gasteiger partial charge in [0.05, 0.1) is 12.1 Å². The van der Waals surface area contributed by atoms with Gasteiger partial charge in [0.1, 0.15) is 0 Å². The second kappa shape index (κ2) is 5.37. The molecule has 2 atom stereocenters. The van der Waals surface area contributed by atoms with Crippen LogP contribution in [0.25, 0.3) is 0 Å². The van der Waals surface area contributed by atoms with Crippen LogP contribution in [-0.4, -0.2) is 23.9 Å². The van der Waals surface area contributed by atoms with E-state index in [-0.39, 0.29) is 6.04 Å². The zero-order valence-electron chi connectivity index (χ0n) is 13.8. The van der Waals surface area contributed by atoms with Crippen molar-refractivity contribution in [3.8, 4) is 0 Å². The first-order valence-corrected chi connectivity index (χ1v) is 9.06. The molecular formula is C21H22N2O. The summed E-state index contributed by atoms with van der Waals surface area (Å²) >= 11 is 0. The van der Waals surface area contributed by atoms with Gasteiger partial charge in [-0.25, -0.2) is 0 Å². The summed E-state index contributed by atoms with van der Waals surface area (Å²) in [6, 6.07) is 18.2. The molecule has 0 aromatic heterocycles. The van der Waals surface area contributed by atoms with Crippen LogP contribution in [0.3, 0.4) is 0 Å². The molecule has 1 amide bonds. The third-order valence-corrected chi connectivity index (χ3v) is 5.95. The Hall–Kier alpha value is -2.29. The summed E-state index contributed by atoms with van der Waals surface area (Å²) < 4.78 is 0. The largest absolute Gasteiger partial charge is 0.364 e. The molecule has 122 valence electrons. The van der Waals surface area contributed by atoms with E-state index in [4.69, 9.17) is 0 Å². The molecule has 3 nitrogen and oxygen atoms in total. The molecule has 0 unspecified atom stereocenters. The molecule has 3 heteroatoms. The minimum atomic E-state index is 0.226. The molecule has 1 fully saturated rings. The Morgan fingerprint density at radius 2 is 1.54 bits per heavy atom. The van der Waals surface area contributed by atoms with Crippen molar-refractivity contribution in [3.63, 3.8) is 0 Å². The van der Waals surface area contributed by atoms with Gasteiger partial charge in [0, 0.05) is 25.2 Å². The molecule has 0 bridgehead atoms. The number of hydrogen-bond acceptors (Lipinski definition) is 2. The molecule has 3 heterocycles. The average Bonchev–Trinajstić information content (AvgIpc) is 3.06. The highest BCUT2D eigenvalue weighted by Gasteiger charge is 2.40. The highest BCUT2D eigenvalue weighted by atomic mass is 16.2. The maximum Gasteiger partial charge on any atom is 0.223 e. The lowest BCUT2D eigenvalue weighted by Crippen LogP contribution is -2.43. The molecule has 2 aromatic rings. The fourth-order valence-corrected chi connectivity index (χ4v) is 4.86. The number of carbonyl (C=O) groups excluding carboxylic acids is 1. The van der Waals surface area contributed by atoms with Crippen LogP contribution >= 0.6 is 0 Å². The van der Waals surface area contributed by atoms with Crippen LogP contribution in [0.5, 0.6) is 0 Å². The van der Waals surface area contributed by atoms with Gasteiger partial charge in [-0.05, 0) is 42.0 Å². The number of nitrogens with zero attached hydrogens (tertiary/aromatic N) is 2. The number of benzene rings is 2. The third kappa shape index (κ3) is 2.00. The molecule has 2 aromatic carbocycles. The Labute approximate surface area is 142 Å². The first kappa shape index (κ1) is 14.1. The van der Waals surface area contributed by atoms with Crippen molar-refractivity contribution in [2.45, 2.75) is 37.8 Å². The summed E-state index contributed by atoms with van der Waals surface area (Å²) in [5, 5.41) is 0. The fourth-order valence-electron chi connectivity index (χ4n) is 4.86. The smallest absolute Gasteiger partial charge is 0.223 e. The molecule has 3 aliphatic rings. The summed E-state index contributed by atoms with van der Waals surface area (Å²) in [5.74, 6) is 0.326. The lowest BCUT2D eigenvalue weighted by Gasteiger charge is -2.47. The Balaban J connectivity index is 1.63. The van der Waals surface area contributed by atoms with E-state index in [1.165, 1.54) is 22.4 Å². The molecule has 24 heavy (non-hydrogen) atoms. The van der Waals surface area contributed by atoms with Gasteiger partial charge in [-0.3, -0.25) is 4.79 Å². The number of para-hydroxylation sites is 1. The van der Waals surface area contributed by atoms with Gasteiger partial charge in [-0.15, -0.1) is 0 Å². The Kier molecular flexibility index (Phi) is 3.15. The van der Waals surface area contributed by atoms with Crippen LogP contribution in [0.2, 0.25) is 0 Å². The SMILES string of the molecule is O=C1CCCN1[C@@H]1C[C@@H]2c3ccccc3CCN2c2ccccc21. The van der Waals surface area contributed by atoms with E-state index >= 15 is 0 Å². The van der Waals surface area contributed by atoms with Crippen molar-refractivity contribution in [3.05, 3.63) is 65.2 Å². The van der Waals surface area contributed by atoms with Crippen LogP contribution in [0.15, 0.2) is 48.5 Å². The van der Waals surface area contributed by atoms with Crippen LogP contribution in [0.4, 0.5) is 5.69 Å². The fraction of sp³-hybridized carbons (Fsp3) is 0.381. The number of rotatable bonds is 1. The summed E-state index contributed by atoms with van der Waals surface area (Å²) in [4.78, 5) is 17.1. The maximum atomic E-state index is 12.4. The Morgan fingerprint density at radius 1 is 0.792 bits per heavy atom. The number of fused-ring (bicyclic) bond motifs is 5. The topological polar surface area (TPSA) is 23.6 Å². The van der Waals surface area contributed by atoms with E-state index in [1.807, 2.05) is 0 Å². The maximum absolute atomic E-state index is 12.4. The number of anilines is 1. The highest BCUT2D eigenvalue weighted by Crippen LogP contribution is 2.49. The monoisotopic (exact) mass is 318 g/mol. The third-order valence-electron chi connectivity index (χ3n) is 5.95. The summed E-state index contributed by atoms with van der Waals surface area (Å²) in [7, 11) is 0. The Morgan fingerprint density at radius 3 is 2.38 bits per heavy atom. The second-order valence-corrected chi connectivity index (χ2v) is 7.16. The van der Waals surface area contributed by atoms with E-state index < -0.39 is 0 Å². The second-order valence-electron chi connectivity index (χ2n) is 7.16. The molecular weight excluding hydrogens is 296 g/mol. The van der Waals surface area contributed by atoms with Crippen LogP contribution in [-0.2, 0) is 11.2 Å². The van der Waals surface area contributed by atoms with Gasteiger partial charge in [-0.1, -0.05) is 42.5 Å². The molecule has 0 saturated carbocycles. The minimum Gasteiger partial charge on any atom is -0.364 e. The van der Waals surface area contributed by atoms with Gasteiger partial charge in [0.2, 0.25) is 5.91 Å². The lowest BCUT2D eigenvalue weighted by molar-refractivity contribution is -0.130. The molecule has 5 rings (SSSR count). The Bertz CT molecular complexity index is 800. The van der Waals surface area contributed by atoms with Gasteiger partial charge in [0.25, 0.3) is 0 Å². The van der Waals surface area contributed by atoms with E-state index in [0.717, 1.165) is 32.4 Å². The van der Waals surface area contributed by atoms with Gasteiger partial charge in [0.15, 0.2) is 0 Å². The van der Waals surface area contributed by atoms with Crippen molar-refractivity contribution in [1.82, 2.24) is 4.90 Å². The standard InChI is InChI=1S/C21H22N2O/c24-21-10-5-12-23(21)20-14-19-16-7-2-1-6-15(16)11-13-22(19)18-9-4-3-8-17(18)20/h1-4,6-9,19-20H,5,10-14H2/t19-,20-/m1/s1. The molecule has 3 aliphatic heterocycles. The van der Waals surface area contributed by atoms with Gasteiger partial charge >= 0.3 is 0 Å². The van der Waals surface area contributed by atoms with Gasteiger partial charge in [-0.2, -0.15) is 0 Å². The highest BCUT2D eigenvalue weighted by molar-refractivity contribution is 5.79. The van der Waals surface area contributed by atoms with Crippen LogP contribution < -0.4 is 4.90 Å². The van der Waals surface area contributed by atoms with E-state index in [1.54, 1.807) is 0 Å². The predicted molar refractivity (Wildman–Crippen MR) is 95.0 cm³/mol. The summed E-state index contributed by atoms with van der Waals surface area (Å²) in [6.45, 7) is 1.98. The number of hydrogen-bond donors (Lipinski definition) is 0. The molecule has 0 spiro atoms. The molecule has 0 aliphatic carbocycles. The molecule has 0 radical (unpaired) electrons. The predicted octanol–water partition coefficient (Wildman–Crippen LogP) is 3.86. The normalized spacial score (nSPS) is 25.2. The van der Waals surface area contributed by atoms with Crippen molar-refractivity contribution in [1.29, 1.82) is 0 Å². The van der Waals surface area contributed by atoms with E-state index in [0.29, 0.717) is 18.4 Å². The molecule has 0 N–H and O–H groups in total. The lowest BCUT2D eigenvalue weighted by atomic mass is 9.82. The number of amides is 1. The van der Waals surface area contributed by atoms with Crippen LogP contribution in [0, 0.1) is 0 Å². The van der Waals surface area contributed by atoms with E-state index in [2.05, 4.69) is 58.3 Å².